The van der Waals surface area contributed by atoms with Gasteiger partial charge < -0.3 is 10.1 Å². The van der Waals surface area contributed by atoms with Gasteiger partial charge in [0.2, 0.25) is 5.95 Å². The molecule has 1 N–H and O–H groups in total. The summed E-state index contributed by atoms with van der Waals surface area (Å²) in [5.41, 5.74) is 3.39. The standard InChI is InChI=1S/C17H21N3O/c1-12-11-18-17(19-13(12)2)20-15-8-9-21-16(10-15)14-6-4-3-5-7-14/h3-7,11,15-16H,8-10H2,1-2H3,(H,18,19,20). The van der Waals surface area contributed by atoms with E-state index in [4.69, 9.17) is 4.74 Å². The van der Waals surface area contributed by atoms with E-state index in [0.29, 0.717) is 6.04 Å². The van der Waals surface area contributed by atoms with Crippen LogP contribution >= 0.6 is 0 Å². The Kier molecular flexibility index (Phi) is 4.15. The number of nitrogens with zero attached hydrogens (tertiary/aromatic N) is 2. The highest BCUT2D eigenvalue weighted by molar-refractivity contribution is 5.30. The van der Waals surface area contributed by atoms with Gasteiger partial charge >= 0.3 is 0 Å². The van der Waals surface area contributed by atoms with E-state index in [1.165, 1.54) is 5.56 Å². The molecular formula is C17H21N3O. The van der Waals surface area contributed by atoms with Crippen molar-refractivity contribution in [3.8, 4) is 0 Å². The average Bonchev–Trinajstić information content (AvgIpc) is 2.52. The molecule has 21 heavy (non-hydrogen) atoms. The smallest absolute Gasteiger partial charge is 0.223 e. The molecule has 1 saturated heterocycles. The fourth-order valence-electron chi connectivity index (χ4n) is 2.61. The van der Waals surface area contributed by atoms with Crippen LogP contribution in [0.2, 0.25) is 0 Å². The Morgan fingerprint density at radius 3 is 2.76 bits per heavy atom. The third-order valence-electron chi connectivity index (χ3n) is 4.01. The molecule has 110 valence electrons. The molecule has 2 atom stereocenters. The Labute approximate surface area is 125 Å². The Hall–Kier alpha value is -1.94. The minimum atomic E-state index is 0.156. The molecule has 2 aromatic rings. The molecule has 1 aromatic carbocycles. The average molecular weight is 283 g/mol. The maximum atomic E-state index is 5.89. The Balaban J connectivity index is 1.67. The molecule has 0 aliphatic carbocycles. The zero-order valence-electron chi connectivity index (χ0n) is 12.5. The van der Waals surface area contributed by atoms with Crippen LogP contribution in [-0.2, 0) is 4.74 Å². The van der Waals surface area contributed by atoms with E-state index in [-0.39, 0.29) is 6.10 Å². The first-order valence-electron chi connectivity index (χ1n) is 7.45. The number of rotatable bonds is 3. The molecule has 1 aliphatic rings. The predicted molar refractivity (Wildman–Crippen MR) is 83.3 cm³/mol. The van der Waals surface area contributed by atoms with Gasteiger partial charge in [-0.2, -0.15) is 0 Å². The highest BCUT2D eigenvalue weighted by atomic mass is 16.5. The van der Waals surface area contributed by atoms with Gasteiger partial charge in [0.15, 0.2) is 0 Å². The molecule has 0 radical (unpaired) electrons. The van der Waals surface area contributed by atoms with Crippen molar-refractivity contribution in [2.45, 2.75) is 38.8 Å². The van der Waals surface area contributed by atoms with Gasteiger partial charge in [0, 0.05) is 24.5 Å². The summed E-state index contributed by atoms with van der Waals surface area (Å²) >= 11 is 0. The van der Waals surface area contributed by atoms with Gasteiger partial charge in [-0.1, -0.05) is 30.3 Å². The van der Waals surface area contributed by atoms with Crippen molar-refractivity contribution >= 4 is 5.95 Å². The van der Waals surface area contributed by atoms with Crippen LogP contribution in [0.25, 0.3) is 0 Å². The number of hydrogen-bond donors (Lipinski definition) is 1. The van der Waals surface area contributed by atoms with E-state index in [1.807, 2.05) is 26.1 Å². The van der Waals surface area contributed by atoms with Gasteiger partial charge in [-0.3, -0.25) is 0 Å². The lowest BCUT2D eigenvalue weighted by Crippen LogP contribution is -2.30. The molecule has 1 aliphatic heterocycles. The normalized spacial score (nSPS) is 22.0. The number of nitrogens with one attached hydrogen (secondary N) is 1. The Morgan fingerprint density at radius 1 is 1.19 bits per heavy atom. The van der Waals surface area contributed by atoms with Crippen LogP contribution in [0.1, 0.15) is 35.8 Å². The molecule has 0 amide bonds. The molecule has 3 rings (SSSR count). The third kappa shape index (κ3) is 3.39. The first-order chi connectivity index (χ1) is 10.2. The molecule has 4 nitrogen and oxygen atoms in total. The number of hydrogen-bond acceptors (Lipinski definition) is 4. The fourth-order valence-corrected chi connectivity index (χ4v) is 2.61. The van der Waals surface area contributed by atoms with Gasteiger partial charge in [-0.15, -0.1) is 0 Å². The van der Waals surface area contributed by atoms with Crippen molar-refractivity contribution in [1.82, 2.24) is 9.97 Å². The molecule has 4 heteroatoms. The SMILES string of the molecule is Cc1cnc(NC2CCOC(c3ccccc3)C2)nc1C. The summed E-state index contributed by atoms with van der Waals surface area (Å²) < 4.78 is 5.89. The zero-order valence-corrected chi connectivity index (χ0v) is 12.5. The van der Waals surface area contributed by atoms with Gasteiger partial charge in [-0.25, -0.2) is 9.97 Å². The number of aryl methyl sites for hydroxylation is 2. The fraction of sp³-hybridized carbons (Fsp3) is 0.412. The molecule has 2 unspecified atom stereocenters. The molecule has 0 bridgehead atoms. The Morgan fingerprint density at radius 2 is 2.00 bits per heavy atom. The Bertz CT molecular complexity index is 600. The van der Waals surface area contributed by atoms with Gasteiger partial charge in [-0.05, 0) is 37.8 Å². The summed E-state index contributed by atoms with van der Waals surface area (Å²) in [7, 11) is 0. The van der Waals surface area contributed by atoms with Crippen LogP contribution < -0.4 is 5.32 Å². The van der Waals surface area contributed by atoms with Crippen LogP contribution in [0.4, 0.5) is 5.95 Å². The quantitative estimate of drug-likeness (QED) is 0.937. The van der Waals surface area contributed by atoms with E-state index in [1.54, 1.807) is 0 Å². The molecule has 1 aromatic heterocycles. The molecule has 1 fully saturated rings. The summed E-state index contributed by atoms with van der Waals surface area (Å²) in [6.07, 6.45) is 3.96. The monoisotopic (exact) mass is 283 g/mol. The molecule has 2 heterocycles. The van der Waals surface area contributed by atoms with E-state index in [2.05, 4.69) is 39.6 Å². The first kappa shape index (κ1) is 14.0. The maximum Gasteiger partial charge on any atom is 0.223 e. The number of benzene rings is 1. The zero-order chi connectivity index (χ0) is 14.7. The van der Waals surface area contributed by atoms with Crippen LogP contribution in [-0.4, -0.2) is 22.6 Å². The first-order valence-corrected chi connectivity index (χ1v) is 7.45. The van der Waals surface area contributed by atoms with Gasteiger partial charge in [0.25, 0.3) is 0 Å². The summed E-state index contributed by atoms with van der Waals surface area (Å²) in [4.78, 5) is 8.87. The molecule has 0 saturated carbocycles. The largest absolute Gasteiger partial charge is 0.373 e. The number of anilines is 1. The summed E-state index contributed by atoms with van der Waals surface area (Å²) in [5.74, 6) is 0.719. The van der Waals surface area contributed by atoms with E-state index in [9.17, 15) is 0 Å². The van der Waals surface area contributed by atoms with E-state index in [0.717, 1.165) is 36.7 Å². The number of aromatic nitrogens is 2. The lowest BCUT2D eigenvalue weighted by atomic mass is 9.97. The minimum absolute atomic E-state index is 0.156. The van der Waals surface area contributed by atoms with Crippen molar-refractivity contribution in [2.24, 2.45) is 0 Å². The summed E-state index contributed by atoms with van der Waals surface area (Å²) in [6.45, 7) is 4.81. The van der Waals surface area contributed by atoms with Gasteiger partial charge in [0.05, 0.1) is 6.10 Å². The minimum Gasteiger partial charge on any atom is -0.373 e. The number of ether oxygens (including phenoxy) is 1. The third-order valence-corrected chi connectivity index (χ3v) is 4.01. The molecule has 0 spiro atoms. The van der Waals surface area contributed by atoms with E-state index >= 15 is 0 Å². The van der Waals surface area contributed by atoms with Crippen LogP contribution in [0.3, 0.4) is 0 Å². The lowest BCUT2D eigenvalue weighted by Gasteiger charge is -2.30. The highest BCUT2D eigenvalue weighted by Crippen LogP contribution is 2.29. The summed E-state index contributed by atoms with van der Waals surface area (Å²) in [6, 6.07) is 10.8. The van der Waals surface area contributed by atoms with Crippen molar-refractivity contribution in [1.29, 1.82) is 0 Å². The lowest BCUT2D eigenvalue weighted by molar-refractivity contribution is 0.00969. The van der Waals surface area contributed by atoms with Crippen molar-refractivity contribution in [3.05, 3.63) is 53.3 Å². The van der Waals surface area contributed by atoms with Crippen molar-refractivity contribution < 1.29 is 4.74 Å². The second-order valence-corrected chi connectivity index (χ2v) is 5.60. The topological polar surface area (TPSA) is 47.0 Å². The predicted octanol–water partition coefficient (Wildman–Crippen LogP) is 3.43. The maximum absolute atomic E-state index is 5.89. The van der Waals surface area contributed by atoms with Crippen LogP contribution in [0.5, 0.6) is 0 Å². The summed E-state index contributed by atoms with van der Waals surface area (Å²) in [5, 5.41) is 3.45. The van der Waals surface area contributed by atoms with Crippen molar-refractivity contribution in [2.75, 3.05) is 11.9 Å². The van der Waals surface area contributed by atoms with Crippen molar-refractivity contribution in [3.63, 3.8) is 0 Å². The van der Waals surface area contributed by atoms with E-state index < -0.39 is 0 Å². The second kappa shape index (κ2) is 6.22. The van der Waals surface area contributed by atoms with Gasteiger partial charge in [0.1, 0.15) is 0 Å². The highest BCUT2D eigenvalue weighted by Gasteiger charge is 2.24. The van der Waals surface area contributed by atoms with Crippen LogP contribution in [0, 0.1) is 13.8 Å². The second-order valence-electron chi connectivity index (χ2n) is 5.60. The molecular weight excluding hydrogens is 262 g/mol. The van der Waals surface area contributed by atoms with Crippen LogP contribution in [0.15, 0.2) is 36.5 Å².